The minimum atomic E-state index is -0.363. The zero-order chi connectivity index (χ0) is 18.1. The van der Waals surface area contributed by atoms with Gasteiger partial charge < -0.3 is 14.6 Å². The van der Waals surface area contributed by atoms with Gasteiger partial charge in [-0.15, -0.1) is 0 Å². The molecule has 5 nitrogen and oxygen atoms in total. The Balaban J connectivity index is 1.86. The third-order valence-corrected chi connectivity index (χ3v) is 4.91. The fraction of sp³-hybridized carbons (Fsp3) is 0.421. The number of para-hydroxylation sites is 1. The Labute approximate surface area is 150 Å². The summed E-state index contributed by atoms with van der Waals surface area (Å²) >= 11 is 0. The van der Waals surface area contributed by atoms with E-state index in [4.69, 9.17) is 9.31 Å². The third-order valence-electron chi connectivity index (χ3n) is 4.91. The molecule has 25 heavy (non-hydrogen) atoms. The molecule has 1 N–H and O–H groups in total. The molecule has 1 aliphatic rings. The second kappa shape index (κ2) is 6.79. The number of benzene rings is 1. The summed E-state index contributed by atoms with van der Waals surface area (Å²) in [5.41, 5.74) is 2.41. The number of rotatable bonds is 5. The van der Waals surface area contributed by atoms with Crippen molar-refractivity contribution < 1.29 is 9.31 Å². The van der Waals surface area contributed by atoms with Crippen LogP contribution in [0.4, 0.5) is 0 Å². The summed E-state index contributed by atoms with van der Waals surface area (Å²) in [6.07, 6.45) is 5.95. The van der Waals surface area contributed by atoms with E-state index in [1.165, 1.54) is 0 Å². The highest BCUT2D eigenvalue weighted by atomic mass is 16.7. The number of hydrogen-bond acceptors (Lipinski definition) is 4. The van der Waals surface area contributed by atoms with Crippen molar-refractivity contribution >= 4 is 13.2 Å². The molecule has 132 valence electrons. The molecule has 0 unspecified atom stereocenters. The molecule has 0 bridgehead atoms. The van der Waals surface area contributed by atoms with Crippen LogP contribution in [-0.4, -0.2) is 41.7 Å². The standard InChI is InChI=1S/C19H26BN3O2/c1-18(2)19(3,4)25-20(24-18)16(13-21-5)11-15-12-22-23(14-15)17-9-7-6-8-10-17/h6-12,14,21H,13H2,1-5H3. The van der Waals surface area contributed by atoms with Crippen LogP contribution in [0, 0.1) is 0 Å². The molecule has 0 spiro atoms. The molecule has 1 aliphatic heterocycles. The molecule has 2 heterocycles. The molecule has 1 fully saturated rings. The van der Waals surface area contributed by atoms with Gasteiger partial charge in [-0.05, 0) is 52.3 Å². The molecule has 1 aromatic heterocycles. The van der Waals surface area contributed by atoms with Crippen molar-refractivity contribution in [3.63, 3.8) is 0 Å². The molecule has 0 saturated carbocycles. The van der Waals surface area contributed by atoms with Crippen molar-refractivity contribution in [1.82, 2.24) is 15.1 Å². The zero-order valence-corrected chi connectivity index (χ0v) is 15.6. The number of nitrogens with zero attached hydrogens (tertiary/aromatic N) is 2. The van der Waals surface area contributed by atoms with E-state index in [0.717, 1.165) is 16.7 Å². The van der Waals surface area contributed by atoms with Crippen molar-refractivity contribution in [2.24, 2.45) is 0 Å². The maximum Gasteiger partial charge on any atom is 0.491 e. The van der Waals surface area contributed by atoms with Gasteiger partial charge in [0.2, 0.25) is 0 Å². The molecule has 1 saturated heterocycles. The lowest BCUT2D eigenvalue weighted by molar-refractivity contribution is 0.00578. The van der Waals surface area contributed by atoms with Crippen LogP contribution in [0.5, 0.6) is 0 Å². The van der Waals surface area contributed by atoms with Crippen LogP contribution >= 0.6 is 0 Å². The van der Waals surface area contributed by atoms with Crippen LogP contribution in [0.2, 0.25) is 0 Å². The molecule has 1 aromatic carbocycles. The molecular weight excluding hydrogens is 313 g/mol. The topological polar surface area (TPSA) is 48.3 Å². The fourth-order valence-electron chi connectivity index (χ4n) is 2.75. The smallest absolute Gasteiger partial charge is 0.400 e. The molecule has 0 aliphatic carbocycles. The first-order chi connectivity index (χ1) is 11.8. The van der Waals surface area contributed by atoms with Crippen LogP contribution in [0.15, 0.2) is 48.2 Å². The Morgan fingerprint density at radius 3 is 2.40 bits per heavy atom. The number of aromatic nitrogens is 2. The Morgan fingerprint density at radius 1 is 1.16 bits per heavy atom. The highest BCUT2D eigenvalue weighted by molar-refractivity contribution is 6.55. The molecule has 0 amide bonds. The normalized spacial score (nSPS) is 19.4. The molecular formula is C19H26BN3O2. The molecule has 6 heteroatoms. The lowest BCUT2D eigenvalue weighted by Gasteiger charge is -2.32. The fourth-order valence-corrected chi connectivity index (χ4v) is 2.75. The van der Waals surface area contributed by atoms with E-state index in [1.807, 2.05) is 54.5 Å². The highest BCUT2D eigenvalue weighted by Gasteiger charge is 2.52. The average molecular weight is 339 g/mol. The van der Waals surface area contributed by atoms with Crippen LogP contribution < -0.4 is 5.32 Å². The quantitative estimate of drug-likeness (QED) is 0.851. The first-order valence-corrected chi connectivity index (χ1v) is 8.63. The van der Waals surface area contributed by atoms with Crippen LogP contribution in [0.25, 0.3) is 11.8 Å². The van der Waals surface area contributed by atoms with E-state index in [0.29, 0.717) is 6.54 Å². The summed E-state index contributed by atoms with van der Waals surface area (Å²) in [6, 6.07) is 10.1. The largest absolute Gasteiger partial charge is 0.491 e. The first kappa shape index (κ1) is 17.9. The van der Waals surface area contributed by atoms with Crippen molar-refractivity contribution in [3.8, 4) is 5.69 Å². The van der Waals surface area contributed by atoms with Gasteiger partial charge in [0.1, 0.15) is 0 Å². The Kier molecular flexibility index (Phi) is 4.87. The Hall–Kier alpha value is -1.89. The number of hydrogen-bond donors (Lipinski definition) is 1. The van der Waals surface area contributed by atoms with Gasteiger partial charge in [0.15, 0.2) is 0 Å². The van der Waals surface area contributed by atoms with Gasteiger partial charge in [0.05, 0.1) is 23.1 Å². The predicted molar refractivity (Wildman–Crippen MR) is 102 cm³/mol. The summed E-state index contributed by atoms with van der Waals surface area (Å²) in [7, 11) is 1.56. The SMILES string of the molecule is CNCC(=Cc1cnn(-c2ccccc2)c1)B1OC(C)(C)C(C)(C)O1. The molecule has 3 rings (SSSR count). The second-order valence-corrected chi connectivity index (χ2v) is 7.39. The maximum absolute atomic E-state index is 6.18. The Morgan fingerprint density at radius 2 is 1.80 bits per heavy atom. The van der Waals surface area contributed by atoms with Crippen LogP contribution in [-0.2, 0) is 9.31 Å². The lowest BCUT2D eigenvalue weighted by atomic mass is 9.77. The number of likely N-dealkylation sites (N-methyl/N-ethyl adjacent to an activating group) is 1. The second-order valence-electron chi connectivity index (χ2n) is 7.39. The predicted octanol–water partition coefficient (Wildman–Crippen LogP) is 3.11. The highest BCUT2D eigenvalue weighted by Crippen LogP contribution is 2.38. The monoisotopic (exact) mass is 339 g/mol. The van der Waals surface area contributed by atoms with E-state index in [9.17, 15) is 0 Å². The average Bonchev–Trinajstić information content (AvgIpc) is 3.10. The molecule has 2 aromatic rings. The van der Waals surface area contributed by atoms with Gasteiger partial charge in [-0.1, -0.05) is 24.3 Å². The first-order valence-electron chi connectivity index (χ1n) is 8.63. The van der Waals surface area contributed by atoms with Gasteiger partial charge in [0.25, 0.3) is 0 Å². The lowest BCUT2D eigenvalue weighted by Crippen LogP contribution is -2.41. The summed E-state index contributed by atoms with van der Waals surface area (Å²) in [6.45, 7) is 8.96. The van der Waals surface area contributed by atoms with E-state index in [2.05, 4.69) is 44.2 Å². The van der Waals surface area contributed by atoms with Crippen molar-refractivity contribution in [2.45, 2.75) is 38.9 Å². The van der Waals surface area contributed by atoms with Gasteiger partial charge in [-0.2, -0.15) is 5.10 Å². The van der Waals surface area contributed by atoms with Crippen molar-refractivity contribution in [3.05, 3.63) is 53.8 Å². The zero-order valence-electron chi connectivity index (χ0n) is 15.6. The van der Waals surface area contributed by atoms with Gasteiger partial charge in [-0.25, -0.2) is 4.68 Å². The number of nitrogens with one attached hydrogen (secondary N) is 1. The van der Waals surface area contributed by atoms with Gasteiger partial charge >= 0.3 is 7.12 Å². The van der Waals surface area contributed by atoms with Gasteiger partial charge in [0, 0.05) is 18.3 Å². The molecule has 0 atom stereocenters. The molecule has 0 radical (unpaired) electrons. The minimum absolute atomic E-state index is 0.348. The van der Waals surface area contributed by atoms with E-state index in [1.54, 1.807) is 0 Å². The van der Waals surface area contributed by atoms with E-state index in [-0.39, 0.29) is 18.3 Å². The van der Waals surface area contributed by atoms with Crippen molar-refractivity contribution in [2.75, 3.05) is 13.6 Å². The van der Waals surface area contributed by atoms with E-state index >= 15 is 0 Å². The van der Waals surface area contributed by atoms with Crippen molar-refractivity contribution in [1.29, 1.82) is 0 Å². The minimum Gasteiger partial charge on any atom is -0.400 e. The van der Waals surface area contributed by atoms with E-state index < -0.39 is 0 Å². The third kappa shape index (κ3) is 3.71. The van der Waals surface area contributed by atoms with Crippen LogP contribution in [0.1, 0.15) is 33.3 Å². The maximum atomic E-state index is 6.18. The Bertz CT molecular complexity index is 737. The van der Waals surface area contributed by atoms with Gasteiger partial charge in [-0.3, -0.25) is 0 Å². The summed E-state index contributed by atoms with van der Waals surface area (Å²) in [4.78, 5) is 0. The summed E-state index contributed by atoms with van der Waals surface area (Å²) in [5, 5.41) is 7.66. The van der Waals surface area contributed by atoms with Crippen LogP contribution in [0.3, 0.4) is 0 Å². The summed E-state index contributed by atoms with van der Waals surface area (Å²) < 4.78 is 14.2. The summed E-state index contributed by atoms with van der Waals surface area (Å²) in [5.74, 6) is 0.